The maximum absolute atomic E-state index is 12.7. The monoisotopic (exact) mass is 438 g/mol. The molecule has 2 aliphatic heterocycles. The minimum atomic E-state index is 0.00253. The summed E-state index contributed by atoms with van der Waals surface area (Å²) in [6.45, 7) is 6.05. The van der Waals surface area contributed by atoms with E-state index in [2.05, 4.69) is 32.1 Å². The van der Waals surface area contributed by atoms with Crippen LogP contribution in [0.15, 0.2) is 40.9 Å². The van der Waals surface area contributed by atoms with Crippen LogP contribution in [0.3, 0.4) is 0 Å². The largest absolute Gasteiger partial charge is 0.387 e. The molecular weight excluding hydrogens is 400 g/mol. The molecule has 1 aromatic rings. The fourth-order valence-corrected chi connectivity index (χ4v) is 4.90. The van der Waals surface area contributed by atoms with Crippen LogP contribution in [0.2, 0.25) is 0 Å². The van der Waals surface area contributed by atoms with Gasteiger partial charge in [0.25, 0.3) is 5.91 Å². The van der Waals surface area contributed by atoms with Gasteiger partial charge in [0.15, 0.2) is 0 Å². The molecular formula is C26H38N4O2. The molecule has 1 fully saturated rings. The molecule has 2 N–H and O–H groups in total. The maximum atomic E-state index is 12.7. The summed E-state index contributed by atoms with van der Waals surface area (Å²) in [4.78, 5) is 33.7. The molecule has 0 bridgehead atoms. The number of amides is 2. The highest BCUT2D eigenvalue weighted by molar-refractivity contribution is 5.99. The minimum absolute atomic E-state index is 0.00253. The van der Waals surface area contributed by atoms with E-state index in [0.29, 0.717) is 18.2 Å². The lowest BCUT2D eigenvalue weighted by atomic mass is 9.82. The lowest BCUT2D eigenvalue weighted by Gasteiger charge is -2.25. The first-order chi connectivity index (χ1) is 15.3. The second-order valence-electron chi connectivity index (χ2n) is 9.29. The van der Waals surface area contributed by atoms with Crippen molar-refractivity contribution in [2.45, 2.75) is 64.3 Å². The Labute approximate surface area is 192 Å². The van der Waals surface area contributed by atoms with Gasteiger partial charge in [0.05, 0.1) is 11.9 Å². The number of likely N-dealkylation sites (tertiary alicyclic amines) is 1. The highest BCUT2D eigenvalue weighted by Crippen LogP contribution is 2.33. The third-order valence-electron chi connectivity index (χ3n) is 6.78. The van der Waals surface area contributed by atoms with E-state index in [1.54, 1.807) is 19.0 Å². The lowest BCUT2D eigenvalue weighted by molar-refractivity contribution is -0.124. The SMILES string of the molecule is CCC(CC1C=C(C(=O)N(C)C)CC(N)=NC1CC)c1ccc(C(=O)N2CCCC2)cc1. The Balaban J connectivity index is 1.80. The van der Waals surface area contributed by atoms with Crippen molar-refractivity contribution in [3.8, 4) is 0 Å². The predicted molar refractivity (Wildman–Crippen MR) is 130 cm³/mol. The average molecular weight is 439 g/mol. The van der Waals surface area contributed by atoms with Crippen molar-refractivity contribution in [2.24, 2.45) is 16.6 Å². The molecule has 2 heterocycles. The van der Waals surface area contributed by atoms with Crippen LogP contribution < -0.4 is 5.73 Å². The summed E-state index contributed by atoms with van der Waals surface area (Å²) in [5.41, 5.74) is 8.90. The van der Waals surface area contributed by atoms with Gasteiger partial charge in [-0.15, -0.1) is 0 Å². The van der Waals surface area contributed by atoms with Gasteiger partial charge in [-0.25, -0.2) is 0 Å². The Morgan fingerprint density at radius 1 is 1.16 bits per heavy atom. The van der Waals surface area contributed by atoms with Crippen molar-refractivity contribution in [3.63, 3.8) is 0 Å². The number of carbonyl (C=O) groups excluding carboxylic acids is 2. The van der Waals surface area contributed by atoms with Gasteiger partial charge < -0.3 is 15.5 Å². The van der Waals surface area contributed by atoms with Crippen LogP contribution in [0.4, 0.5) is 0 Å². The van der Waals surface area contributed by atoms with Crippen molar-refractivity contribution < 1.29 is 9.59 Å². The van der Waals surface area contributed by atoms with Gasteiger partial charge >= 0.3 is 0 Å². The average Bonchev–Trinajstić information content (AvgIpc) is 3.28. The number of likely N-dealkylation sites (N-methyl/N-ethyl adjacent to an activating group) is 1. The van der Waals surface area contributed by atoms with E-state index >= 15 is 0 Å². The molecule has 1 aromatic carbocycles. The zero-order valence-corrected chi connectivity index (χ0v) is 20.0. The smallest absolute Gasteiger partial charge is 0.253 e. The molecule has 174 valence electrons. The summed E-state index contributed by atoms with van der Waals surface area (Å²) in [6.07, 6.45) is 7.49. The summed E-state index contributed by atoms with van der Waals surface area (Å²) in [7, 11) is 3.54. The first-order valence-corrected chi connectivity index (χ1v) is 12.0. The van der Waals surface area contributed by atoms with Gasteiger partial charge in [-0.1, -0.05) is 32.1 Å². The normalized spacial score (nSPS) is 22.1. The van der Waals surface area contributed by atoms with Gasteiger partial charge in [0.1, 0.15) is 0 Å². The Kier molecular flexibility index (Phi) is 8.10. The summed E-state index contributed by atoms with van der Waals surface area (Å²) >= 11 is 0. The Hall–Kier alpha value is -2.63. The van der Waals surface area contributed by atoms with Crippen LogP contribution in [0, 0.1) is 5.92 Å². The van der Waals surface area contributed by atoms with Crippen LogP contribution in [-0.2, 0) is 4.79 Å². The van der Waals surface area contributed by atoms with E-state index in [0.717, 1.165) is 56.3 Å². The van der Waals surface area contributed by atoms with Crippen molar-refractivity contribution in [1.82, 2.24) is 9.80 Å². The van der Waals surface area contributed by atoms with Crippen molar-refractivity contribution >= 4 is 17.6 Å². The third kappa shape index (κ3) is 5.59. The fourth-order valence-electron chi connectivity index (χ4n) is 4.90. The molecule has 3 unspecified atom stereocenters. The standard InChI is InChI=1S/C26H38N4O2/c1-5-18(19-9-11-20(12-10-19)26(32)30-13-7-8-14-30)15-21-16-22(25(31)29(3)4)17-24(27)28-23(21)6-2/h9-12,16,18,21,23H,5-8,13-15,17H2,1-4H3,(H2,27,28). The first-order valence-electron chi connectivity index (χ1n) is 12.0. The number of nitrogens with two attached hydrogens (primary N) is 1. The van der Waals surface area contributed by atoms with Crippen LogP contribution in [-0.4, -0.2) is 60.7 Å². The summed E-state index contributed by atoms with van der Waals surface area (Å²) in [5, 5.41) is 0. The van der Waals surface area contributed by atoms with Crippen LogP contribution in [0.1, 0.15) is 74.2 Å². The Morgan fingerprint density at radius 2 is 1.81 bits per heavy atom. The predicted octanol–water partition coefficient (Wildman–Crippen LogP) is 3.98. The lowest BCUT2D eigenvalue weighted by Crippen LogP contribution is -2.27. The van der Waals surface area contributed by atoms with Gasteiger partial charge in [0.2, 0.25) is 5.91 Å². The molecule has 2 amide bonds. The van der Waals surface area contributed by atoms with Crippen molar-refractivity contribution in [3.05, 3.63) is 47.0 Å². The number of hydrogen-bond acceptors (Lipinski definition) is 4. The molecule has 6 heteroatoms. The number of rotatable bonds is 7. The summed E-state index contributed by atoms with van der Waals surface area (Å²) < 4.78 is 0. The molecule has 0 aliphatic carbocycles. The summed E-state index contributed by atoms with van der Waals surface area (Å²) in [5.74, 6) is 1.15. The van der Waals surface area contributed by atoms with Crippen LogP contribution >= 0.6 is 0 Å². The minimum Gasteiger partial charge on any atom is -0.387 e. The molecule has 0 radical (unpaired) electrons. The number of aliphatic imine (C=N–C) groups is 1. The highest BCUT2D eigenvalue weighted by atomic mass is 16.2. The molecule has 3 atom stereocenters. The van der Waals surface area contributed by atoms with E-state index < -0.39 is 0 Å². The number of hydrogen-bond donors (Lipinski definition) is 1. The number of carbonyl (C=O) groups is 2. The molecule has 1 saturated heterocycles. The Morgan fingerprint density at radius 3 is 2.38 bits per heavy atom. The van der Waals surface area contributed by atoms with Gasteiger partial charge in [-0.3, -0.25) is 14.6 Å². The van der Waals surface area contributed by atoms with E-state index in [1.165, 1.54) is 5.56 Å². The van der Waals surface area contributed by atoms with Gasteiger partial charge in [-0.2, -0.15) is 0 Å². The highest BCUT2D eigenvalue weighted by Gasteiger charge is 2.28. The second kappa shape index (κ2) is 10.8. The van der Waals surface area contributed by atoms with Crippen molar-refractivity contribution in [1.29, 1.82) is 0 Å². The fraction of sp³-hybridized carbons (Fsp3) is 0.577. The third-order valence-corrected chi connectivity index (χ3v) is 6.78. The van der Waals surface area contributed by atoms with E-state index in [1.807, 2.05) is 17.0 Å². The molecule has 2 aliphatic rings. The number of benzene rings is 1. The number of nitrogens with zero attached hydrogens (tertiary/aromatic N) is 3. The maximum Gasteiger partial charge on any atom is 0.253 e. The summed E-state index contributed by atoms with van der Waals surface area (Å²) in [6, 6.07) is 8.21. The molecule has 32 heavy (non-hydrogen) atoms. The topological polar surface area (TPSA) is 79.0 Å². The molecule has 0 aromatic heterocycles. The first kappa shape index (κ1) is 24.0. The molecule has 0 spiro atoms. The molecule has 0 saturated carbocycles. The molecule has 3 rings (SSSR count). The van der Waals surface area contributed by atoms with E-state index in [-0.39, 0.29) is 23.8 Å². The Bertz CT molecular complexity index is 866. The van der Waals surface area contributed by atoms with E-state index in [9.17, 15) is 9.59 Å². The van der Waals surface area contributed by atoms with Crippen LogP contribution in [0.5, 0.6) is 0 Å². The van der Waals surface area contributed by atoms with Gasteiger partial charge in [-0.05, 0) is 55.7 Å². The quantitative estimate of drug-likeness (QED) is 0.699. The van der Waals surface area contributed by atoms with Crippen LogP contribution in [0.25, 0.3) is 0 Å². The molecule has 6 nitrogen and oxygen atoms in total. The van der Waals surface area contributed by atoms with Crippen molar-refractivity contribution in [2.75, 3.05) is 27.2 Å². The zero-order chi connectivity index (χ0) is 23.3. The van der Waals surface area contributed by atoms with Gasteiger partial charge in [0, 0.05) is 50.7 Å². The second-order valence-corrected chi connectivity index (χ2v) is 9.29. The zero-order valence-electron chi connectivity index (χ0n) is 20.0. The van der Waals surface area contributed by atoms with E-state index in [4.69, 9.17) is 10.7 Å². The number of amidine groups is 1.